The van der Waals surface area contributed by atoms with Gasteiger partial charge in [0.2, 0.25) is 5.82 Å². The maximum Gasteiger partial charge on any atom is 0.416 e. The molecule has 33 heavy (non-hydrogen) atoms. The average Bonchev–Trinajstić information content (AvgIpc) is 3.45. The van der Waals surface area contributed by atoms with Crippen molar-refractivity contribution in [1.29, 1.82) is 0 Å². The molecule has 4 rings (SSSR count). The minimum Gasteiger partial charge on any atom is -0.459 e. The van der Waals surface area contributed by atoms with Crippen LogP contribution in [0.1, 0.15) is 30.2 Å². The van der Waals surface area contributed by atoms with Crippen molar-refractivity contribution < 1.29 is 32.3 Å². The molecule has 2 aromatic carbocycles. The molecule has 4 N–H and O–H groups in total. The molecule has 0 amide bonds. The molecule has 0 aliphatic rings. The number of aryl methyl sites for hydroxylation is 1. The zero-order chi connectivity index (χ0) is 23.8. The highest BCUT2D eigenvalue weighted by Crippen LogP contribution is 2.36. The van der Waals surface area contributed by atoms with Crippen LogP contribution < -0.4 is 5.73 Å². The van der Waals surface area contributed by atoms with Gasteiger partial charge < -0.3 is 24.9 Å². The summed E-state index contributed by atoms with van der Waals surface area (Å²) in [7, 11) is 0. The van der Waals surface area contributed by atoms with Crippen molar-refractivity contribution in [2.75, 3.05) is 13.2 Å². The Labute approximate surface area is 186 Å². The second-order valence-corrected chi connectivity index (χ2v) is 7.88. The van der Waals surface area contributed by atoms with Gasteiger partial charge in [0, 0.05) is 16.5 Å². The quantitative estimate of drug-likeness (QED) is 0.376. The van der Waals surface area contributed by atoms with Crippen LogP contribution in [0.25, 0.3) is 33.8 Å². The predicted molar refractivity (Wildman–Crippen MR) is 114 cm³/mol. The first kappa shape index (κ1) is 23.0. The van der Waals surface area contributed by atoms with Gasteiger partial charge in [-0.15, -0.1) is 0 Å². The summed E-state index contributed by atoms with van der Waals surface area (Å²) in [6.07, 6.45) is -3.59. The first-order valence-electron chi connectivity index (χ1n) is 10.3. The molecule has 0 saturated heterocycles. The second kappa shape index (κ2) is 8.62. The van der Waals surface area contributed by atoms with E-state index in [2.05, 4.69) is 10.1 Å². The Bertz CT molecular complexity index is 1280. The van der Waals surface area contributed by atoms with Crippen LogP contribution in [0.15, 0.2) is 51.4 Å². The first-order chi connectivity index (χ1) is 15.7. The lowest BCUT2D eigenvalue weighted by molar-refractivity contribution is -0.138. The standard InChI is InChI=1S/C23H22F3N3O4/c1-2-3-13-4-5-15(9-17(13)23(24,25)26)21-28-20(29-33-21)14-6-7-18-16(8-14)10-19(32-18)22(27,11-30)12-31/h4-10,30-31H,2-3,11-12,27H2,1H3. The van der Waals surface area contributed by atoms with Crippen molar-refractivity contribution in [2.24, 2.45) is 5.73 Å². The summed E-state index contributed by atoms with van der Waals surface area (Å²) in [6, 6.07) is 10.6. The summed E-state index contributed by atoms with van der Waals surface area (Å²) in [5.41, 5.74) is 5.21. The summed E-state index contributed by atoms with van der Waals surface area (Å²) >= 11 is 0. The predicted octanol–water partition coefficient (Wildman–Crippen LogP) is 4.26. The second-order valence-electron chi connectivity index (χ2n) is 7.88. The SMILES string of the molecule is CCCc1ccc(-c2nc(-c3ccc4oc(C(N)(CO)CO)cc4c3)no2)cc1C(F)(F)F. The highest BCUT2D eigenvalue weighted by molar-refractivity contribution is 5.83. The van der Waals surface area contributed by atoms with E-state index in [-0.39, 0.29) is 28.6 Å². The number of benzene rings is 2. The van der Waals surface area contributed by atoms with Gasteiger partial charge in [0.15, 0.2) is 0 Å². The molecular formula is C23H22F3N3O4. The van der Waals surface area contributed by atoms with Crippen molar-refractivity contribution in [2.45, 2.75) is 31.5 Å². The Morgan fingerprint density at radius 2 is 1.73 bits per heavy atom. The third-order valence-electron chi connectivity index (χ3n) is 5.44. The molecule has 0 atom stereocenters. The third-order valence-corrected chi connectivity index (χ3v) is 5.44. The highest BCUT2D eigenvalue weighted by atomic mass is 19.4. The molecule has 4 aromatic rings. The van der Waals surface area contributed by atoms with Crippen molar-refractivity contribution in [3.05, 3.63) is 59.4 Å². The fraction of sp³-hybridized carbons (Fsp3) is 0.304. The number of rotatable bonds is 7. The Kier molecular flexibility index (Phi) is 6.00. The molecule has 0 fully saturated rings. The monoisotopic (exact) mass is 461 g/mol. The number of nitrogens with zero attached hydrogens (tertiary/aromatic N) is 2. The van der Waals surface area contributed by atoms with Crippen LogP contribution in [-0.4, -0.2) is 33.6 Å². The zero-order valence-corrected chi connectivity index (χ0v) is 17.7. The van der Waals surface area contributed by atoms with Crippen LogP contribution in [-0.2, 0) is 18.1 Å². The van der Waals surface area contributed by atoms with Crippen LogP contribution in [0.4, 0.5) is 13.2 Å². The molecular weight excluding hydrogens is 439 g/mol. The summed E-state index contributed by atoms with van der Waals surface area (Å²) in [5.74, 6) is 0.359. The number of alkyl halides is 3. The number of fused-ring (bicyclic) bond motifs is 1. The topological polar surface area (TPSA) is 119 Å². The van der Waals surface area contributed by atoms with E-state index in [1.807, 2.05) is 6.92 Å². The molecule has 0 bridgehead atoms. The lowest BCUT2D eigenvalue weighted by Gasteiger charge is -2.21. The number of aromatic nitrogens is 2. The van der Waals surface area contributed by atoms with Gasteiger partial charge in [0.1, 0.15) is 16.9 Å². The summed E-state index contributed by atoms with van der Waals surface area (Å²) < 4.78 is 51.4. The van der Waals surface area contributed by atoms with Crippen LogP contribution in [0, 0.1) is 0 Å². The average molecular weight is 461 g/mol. The van der Waals surface area contributed by atoms with Gasteiger partial charge in [0.25, 0.3) is 5.89 Å². The Balaban J connectivity index is 1.69. The smallest absolute Gasteiger partial charge is 0.416 e. The van der Waals surface area contributed by atoms with Gasteiger partial charge in [-0.25, -0.2) is 0 Å². The van der Waals surface area contributed by atoms with E-state index in [0.717, 1.165) is 6.07 Å². The molecule has 0 aliphatic carbocycles. The molecule has 2 heterocycles. The van der Waals surface area contributed by atoms with Crippen molar-refractivity contribution in [3.8, 4) is 22.8 Å². The van der Waals surface area contributed by atoms with E-state index in [9.17, 15) is 23.4 Å². The summed E-state index contributed by atoms with van der Waals surface area (Å²) in [6.45, 7) is 0.794. The van der Waals surface area contributed by atoms with Gasteiger partial charge in [0.05, 0.1) is 18.8 Å². The fourth-order valence-corrected chi connectivity index (χ4v) is 3.55. The zero-order valence-electron chi connectivity index (χ0n) is 17.7. The minimum absolute atomic E-state index is 0.0342. The number of nitrogens with two attached hydrogens (primary N) is 1. The summed E-state index contributed by atoms with van der Waals surface area (Å²) in [4.78, 5) is 4.26. The van der Waals surface area contributed by atoms with E-state index in [1.54, 1.807) is 24.3 Å². The molecule has 7 nitrogen and oxygen atoms in total. The number of furan rings is 1. The van der Waals surface area contributed by atoms with Gasteiger partial charge in [-0.05, 0) is 48.4 Å². The largest absolute Gasteiger partial charge is 0.459 e. The van der Waals surface area contributed by atoms with Crippen molar-refractivity contribution in [1.82, 2.24) is 10.1 Å². The normalized spacial score (nSPS) is 12.6. The maximum absolute atomic E-state index is 13.5. The third kappa shape index (κ3) is 4.37. The van der Waals surface area contributed by atoms with Crippen LogP contribution in [0.2, 0.25) is 0 Å². The number of hydrogen-bond donors (Lipinski definition) is 3. The van der Waals surface area contributed by atoms with E-state index in [0.29, 0.717) is 29.4 Å². The molecule has 0 aliphatic heterocycles. The Hall–Kier alpha value is -3.21. The van der Waals surface area contributed by atoms with Gasteiger partial charge in [-0.1, -0.05) is 24.6 Å². The van der Waals surface area contributed by atoms with Crippen LogP contribution in [0.5, 0.6) is 0 Å². The lowest BCUT2D eigenvalue weighted by Crippen LogP contribution is -2.43. The van der Waals surface area contributed by atoms with E-state index in [4.69, 9.17) is 14.7 Å². The highest BCUT2D eigenvalue weighted by Gasteiger charge is 2.34. The van der Waals surface area contributed by atoms with E-state index < -0.39 is 30.5 Å². The molecule has 10 heteroatoms. The molecule has 0 radical (unpaired) electrons. The number of hydrogen-bond acceptors (Lipinski definition) is 7. The number of halogens is 3. The van der Waals surface area contributed by atoms with Crippen LogP contribution in [0.3, 0.4) is 0 Å². The van der Waals surface area contributed by atoms with Crippen molar-refractivity contribution >= 4 is 11.0 Å². The minimum atomic E-state index is -4.49. The molecule has 0 spiro atoms. The Morgan fingerprint density at radius 3 is 2.39 bits per heavy atom. The molecule has 174 valence electrons. The van der Waals surface area contributed by atoms with E-state index in [1.165, 1.54) is 12.1 Å². The van der Waals surface area contributed by atoms with Crippen molar-refractivity contribution in [3.63, 3.8) is 0 Å². The maximum atomic E-state index is 13.5. The van der Waals surface area contributed by atoms with E-state index >= 15 is 0 Å². The molecule has 0 unspecified atom stereocenters. The molecule has 0 saturated carbocycles. The Morgan fingerprint density at radius 1 is 1.00 bits per heavy atom. The lowest BCUT2D eigenvalue weighted by atomic mass is 9.99. The number of aliphatic hydroxyl groups excluding tert-OH is 2. The van der Waals surface area contributed by atoms with Gasteiger partial charge in [-0.3, -0.25) is 0 Å². The first-order valence-corrected chi connectivity index (χ1v) is 10.3. The van der Waals surface area contributed by atoms with Crippen LogP contribution >= 0.6 is 0 Å². The number of aliphatic hydroxyl groups is 2. The fourth-order valence-electron chi connectivity index (χ4n) is 3.55. The van der Waals surface area contributed by atoms with Gasteiger partial charge in [-0.2, -0.15) is 18.2 Å². The summed E-state index contributed by atoms with van der Waals surface area (Å²) in [5, 5.41) is 23.5. The molecule has 2 aromatic heterocycles. The van der Waals surface area contributed by atoms with Gasteiger partial charge >= 0.3 is 6.18 Å².